The zero-order valence-corrected chi connectivity index (χ0v) is 19.2. The highest BCUT2D eigenvalue weighted by Crippen LogP contribution is 2.47. The van der Waals surface area contributed by atoms with E-state index >= 15 is 0 Å². The van der Waals surface area contributed by atoms with Gasteiger partial charge in [0.2, 0.25) is 0 Å². The summed E-state index contributed by atoms with van der Waals surface area (Å²) in [5, 5.41) is 22.3. The van der Waals surface area contributed by atoms with Gasteiger partial charge in [-0.2, -0.15) is 0 Å². The van der Waals surface area contributed by atoms with Crippen molar-refractivity contribution >= 4 is 22.7 Å². The molecule has 2 heterocycles. The van der Waals surface area contributed by atoms with Crippen LogP contribution in [-0.2, 0) is 4.74 Å². The van der Waals surface area contributed by atoms with Crippen LogP contribution in [0.4, 0.5) is 22.7 Å². The van der Waals surface area contributed by atoms with E-state index in [9.17, 15) is 20.2 Å². The molecule has 0 N–H and O–H groups in total. The van der Waals surface area contributed by atoms with E-state index in [1.165, 1.54) is 0 Å². The van der Waals surface area contributed by atoms with Gasteiger partial charge in [0.05, 0.1) is 35.1 Å². The summed E-state index contributed by atoms with van der Waals surface area (Å²) < 4.78 is 5.46. The van der Waals surface area contributed by atoms with Crippen molar-refractivity contribution in [2.45, 2.75) is 24.9 Å². The molecule has 2 fully saturated rings. The van der Waals surface area contributed by atoms with E-state index in [2.05, 4.69) is 34.1 Å². The Morgan fingerprint density at radius 2 is 1.09 bits per heavy atom. The molecule has 3 aromatic carbocycles. The number of benzene rings is 3. The average Bonchev–Trinajstić information content (AvgIpc) is 3.34. The topological polar surface area (TPSA) is 102 Å². The van der Waals surface area contributed by atoms with Crippen LogP contribution in [0, 0.1) is 20.2 Å². The number of hydrogen-bond donors (Lipinski definition) is 0. The van der Waals surface area contributed by atoms with Crippen LogP contribution < -0.4 is 9.80 Å². The zero-order chi connectivity index (χ0) is 24.4. The van der Waals surface area contributed by atoms with Crippen molar-refractivity contribution in [2.24, 2.45) is 0 Å². The number of morpholine rings is 1. The second-order valence-corrected chi connectivity index (χ2v) is 8.83. The summed E-state index contributed by atoms with van der Waals surface area (Å²) in [5.74, 6) is 0. The first-order valence-corrected chi connectivity index (χ1v) is 11.7. The summed E-state index contributed by atoms with van der Waals surface area (Å²) in [6.45, 7) is 3.16. The Kier molecular flexibility index (Phi) is 6.33. The number of nitrogens with zero attached hydrogens (tertiary/aromatic N) is 4. The van der Waals surface area contributed by atoms with E-state index in [1.807, 2.05) is 24.3 Å². The van der Waals surface area contributed by atoms with Gasteiger partial charge in [-0.1, -0.05) is 24.3 Å². The molecule has 0 unspecified atom stereocenters. The number of rotatable bonds is 6. The van der Waals surface area contributed by atoms with E-state index in [0.717, 1.165) is 61.6 Å². The van der Waals surface area contributed by atoms with E-state index in [-0.39, 0.29) is 33.3 Å². The smallest absolute Gasteiger partial charge is 0.269 e. The Morgan fingerprint density at radius 1 is 0.657 bits per heavy atom. The van der Waals surface area contributed by atoms with Crippen LogP contribution >= 0.6 is 0 Å². The predicted molar refractivity (Wildman–Crippen MR) is 133 cm³/mol. The van der Waals surface area contributed by atoms with Crippen molar-refractivity contribution in [3.8, 4) is 0 Å². The number of anilines is 2. The number of nitro benzene ring substituents is 2. The number of non-ortho nitro benzene ring substituents is 2. The second-order valence-electron chi connectivity index (χ2n) is 8.83. The summed E-state index contributed by atoms with van der Waals surface area (Å²) in [5.41, 5.74) is 4.36. The minimum Gasteiger partial charge on any atom is -0.378 e. The van der Waals surface area contributed by atoms with Gasteiger partial charge in [0.15, 0.2) is 0 Å². The molecule has 0 spiro atoms. The molecule has 0 radical (unpaired) electrons. The van der Waals surface area contributed by atoms with Gasteiger partial charge in [0.1, 0.15) is 0 Å². The maximum Gasteiger partial charge on any atom is 0.269 e. The Morgan fingerprint density at radius 3 is 1.51 bits per heavy atom. The number of hydrogen-bond acceptors (Lipinski definition) is 7. The first-order valence-electron chi connectivity index (χ1n) is 11.7. The Balaban J connectivity index is 1.48. The maximum atomic E-state index is 11.1. The van der Waals surface area contributed by atoms with Crippen molar-refractivity contribution < 1.29 is 14.6 Å². The third-order valence-corrected chi connectivity index (χ3v) is 6.89. The molecule has 0 bridgehead atoms. The standard InChI is InChI=1S/C26H26N4O5/c31-29(32)23-5-1-19(2-6-23)25-13-14-26(20-3-7-24(8-4-20)30(33)34)28(25)22-11-9-21(10-12-22)27-15-17-35-18-16-27/h1-12,25-26H,13-18H2/t25-,26-/m1/s1. The molecule has 0 amide bonds. The molecule has 35 heavy (non-hydrogen) atoms. The van der Waals surface area contributed by atoms with E-state index in [0.29, 0.717) is 0 Å². The van der Waals surface area contributed by atoms with Gasteiger partial charge < -0.3 is 14.5 Å². The van der Waals surface area contributed by atoms with Gasteiger partial charge >= 0.3 is 0 Å². The molecule has 2 aliphatic heterocycles. The third-order valence-electron chi connectivity index (χ3n) is 6.89. The summed E-state index contributed by atoms with van der Waals surface area (Å²) in [6.07, 6.45) is 1.73. The normalized spacial score (nSPS) is 20.1. The molecular weight excluding hydrogens is 448 g/mol. The summed E-state index contributed by atoms with van der Waals surface area (Å²) in [4.78, 5) is 26.1. The minimum absolute atomic E-state index is 0.0326. The lowest BCUT2D eigenvalue weighted by Gasteiger charge is -2.34. The SMILES string of the molecule is O=[N+]([O-])c1ccc([C@H]2CC[C@H](c3ccc([N+](=O)[O-])cc3)N2c2ccc(N3CCOCC3)cc2)cc1. The van der Waals surface area contributed by atoms with Crippen LogP contribution in [0.25, 0.3) is 0 Å². The highest BCUT2D eigenvalue weighted by molar-refractivity contribution is 5.60. The van der Waals surface area contributed by atoms with Gasteiger partial charge in [-0.3, -0.25) is 20.2 Å². The Hall–Kier alpha value is -3.98. The Bertz CT molecular complexity index is 1130. The van der Waals surface area contributed by atoms with E-state index < -0.39 is 0 Å². The van der Waals surface area contributed by atoms with Gasteiger partial charge in [-0.05, 0) is 48.2 Å². The molecule has 9 heteroatoms. The number of ether oxygens (including phenoxy) is 1. The molecule has 2 saturated heterocycles. The van der Waals surface area contributed by atoms with Crippen molar-refractivity contribution in [2.75, 3.05) is 36.1 Å². The van der Waals surface area contributed by atoms with Gasteiger partial charge in [-0.15, -0.1) is 0 Å². The van der Waals surface area contributed by atoms with Crippen LogP contribution in [0.5, 0.6) is 0 Å². The molecule has 0 saturated carbocycles. The lowest BCUT2D eigenvalue weighted by Crippen LogP contribution is -2.36. The van der Waals surface area contributed by atoms with Gasteiger partial charge in [-0.25, -0.2) is 0 Å². The highest BCUT2D eigenvalue weighted by atomic mass is 16.6. The predicted octanol–water partition coefficient (Wildman–Crippen LogP) is 5.42. The summed E-state index contributed by atoms with van der Waals surface area (Å²) >= 11 is 0. The van der Waals surface area contributed by atoms with Crippen molar-refractivity contribution in [1.82, 2.24) is 0 Å². The average molecular weight is 475 g/mol. The lowest BCUT2D eigenvalue weighted by atomic mass is 10.0. The molecular formula is C26H26N4O5. The molecule has 9 nitrogen and oxygen atoms in total. The van der Waals surface area contributed by atoms with Crippen LogP contribution in [0.1, 0.15) is 36.1 Å². The quantitative estimate of drug-likeness (QED) is 0.347. The van der Waals surface area contributed by atoms with Crippen LogP contribution in [0.2, 0.25) is 0 Å². The minimum atomic E-state index is -0.389. The molecule has 2 aliphatic rings. The summed E-state index contributed by atoms with van der Waals surface area (Å²) in [7, 11) is 0. The largest absolute Gasteiger partial charge is 0.378 e. The van der Waals surface area contributed by atoms with E-state index in [4.69, 9.17) is 4.74 Å². The fourth-order valence-corrected chi connectivity index (χ4v) is 5.12. The fraction of sp³-hybridized carbons (Fsp3) is 0.308. The van der Waals surface area contributed by atoms with E-state index in [1.54, 1.807) is 24.3 Å². The monoisotopic (exact) mass is 474 g/mol. The Labute approximate surface area is 202 Å². The van der Waals surface area contributed by atoms with Gasteiger partial charge in [0, 0.05) is 48.7 Å². The van der Waals surface area contributed by atoms with Crippen molar-refractivity contribution in [1.29, 1.82) is 0 Å². The third kappa shape index (κ3) is 4.67. The fourth-order valence-electron chi connectivity index (χ4n) is 5.12. The first-order chi connectivity index (χ1) is 17.0. The molecule has 3 aromatic rings. The molecule has 5 rings (SSSR count). The van der Waals surface area contributed by atoms with Gasteiger partial charge in [0.25, 0.3) is 11.4 Å². The molecule has 0 aromatic heterocycles. The number of nitro groups is 2. The first kappa shape index (κ1) is 22.8. The molecule has 0 aliphatic carbocycles. The van der Waals surface area contributed by atoms with Crippen molar-refractivity contribution in [3.05, 3.63) is 104 Å². The highest BCUT2D eigenvalue weighted by Gasteiger charge is 2.36. The van der Waals surface area contributed by atoms with Crippen LogP contribution in [-0.4, -0.2) is 36.1 Å². The zero-order valence-electron chi connectivity index (χ0n) is 19.2. The maximum absolute atomic E-state index is 11.1. The molecule has 180 valence electrons. The van der Waals surface area contributed by atoms with Crippen molar-refractivity contribution in [3.63, 3.8) is 0 Å². The molecule has 2 atom stereocenters. The second kappa shape index (κ2) is 9.71. The van der Waals surface area contributed by atoms with Crippen LogP contribution in [0.3, 0.4) is 0 Å². The summed E-state index contributed by atoms with van der Waals surface area (Å²) in [6, 6.07) is 22.1. The lowest BCUT2D eigenvalue weighted by molar-refractivity contribution is -0.385. The van der Waals surface area contributed by atoms with Crippen LogP contribution in [0.15, 0.2) is 72.8 Å².